The molecular formula is C39H53F2N3O7S. The summed E-state index contributed by atoms with van der Waals surface area (Å²) in [7, 11) is -1.04. The van der Waals surface area contributed by atoms with Crippen molar-refractivity contribution in [3.05, 3.63) is 94.0 Å². The zero-order valence-electron chi connectivity index (χ0n) is 31.0. The van der Waals surface area contributed by atoms with Gasteiger partial charge in [-0.25, -0.2) is 17.2 Å². The third kappa shape index (κ3) is 11.7. The lowest BCUT2D eigenvalue weighted by molar-refractivity contribution is -0.135. The van der Waals surface area contributed by atoms with Gasteiger partial charge in [-0.3, -0.25) is 9.59 Å². The first-order valence-corrected chi connectivity index (χ1v) is 19.4. The van der Waals surface area contributed by atoms with Crippen molar-refractivity contribution >= 4 is 21.7 Å². The molecule has 4 N–H and O–H groups in total. The summed E-state index contributed by atoms with van der Waals surface area (Å²) in [5.74, 6) is -3.02. The summed E-state index contributed by atoms with van der Waals surface area (Å²) < 4.78 is 66.5. The predicted molar refractivity (Wildman–Crippen MR) is 198 cm³/mol. The van der Waals surface area contributed by atoms with Crippen LogP contribution in [0.15, 0.2) is 54.6 Å². The number of sulfone groups is 1. The number of carbonyl (C=O) groups is 2. The van der Waals surface area contributed by atoms with E-state index in [1.165, 1.54) is 25.2 Å². The maximum Gasteiger partial charge on any atom is 0.252 e. The van der Waals surface area contributed by atoms with E-state index in [4.69, 9.17) is 15.2 Å². The highest BCUT2D eigenvalue weighted by Gasteiger charge is 2.36. The van der Waals surface area contributed by atoms with Gasteiger partial charge in [0.25, 0.3) is 5.91 Å². The van der Waals surface area contributed by atoms with E-state index in [0.29, 0.717) is 42.6 Å². The summed E-state index contributed by atoms with van der Waals surface area (Å²) in [6, 6.07) is 10.8. The molecule has 3 aromatic carbocycles. The van der Waals surface area contributed by atoms with E-state index < -0.39 is 62.5 Å². The van der Waals surface area contributed by atoms with Gasteiger partial charge in [-0.1, -0.05) is 57.9 Å². The molecule has 3 aromatic rings. The molecule has 286 valence electrons. The second-order valence-corrected chi connectivity index (χ2v) is 15.5. The summed E-state index contributed by atoms with van der Waals surface area (Å²) in [6.07, 6.45) is 1.23. The fourth-order valence-corrected chi connectivity index (χ4v) is 8.49. The molecule has 3 atom stereocenters. The van der Waals surface area contributed by atoms with Crippen molar-refractivity contribution in [1.82, 2.24) is 10.2 Å². The Morgan fingerprint density at radius 3 is 2.13 bits per heavy atom. The van der Waals surface area contributed by atoms with Crippen molar-refractivity contribution in [2.24, 2.45) is 5.73 Å². The van der Waals surface area contributed by atoms with Crippen LogP contribution in [0.1, 0.15) is 79.1 Å². The van der Waals surface area contributed by atoms with Gasteiger partial charge in [-0.05, 0) is 79.1 Å². The second-order valence-electron chi connectivity index (χ2n) is 13.2. The van der Waals surface area contributed by atoms with Gasteiger partial charge in [0.05, 0.1) is 31.3 Å². The topological polar surface area (TPSA) is 148 Å². The molecular weight excluding hydrogens is 693 g/mol. The Balaban J connectivity index is 2.06. The lowest BCUT2D eigenvalue weighted by atomic mass is 10.0. The molecule has 0 saturated heterocycles. The van der Waals surface area contributed by atoms with Gasteiger partial charge in [0.15, 0.2) is 21.3 Å². The number of rotatable bonds is 20. The second kappa shape index (κ2) is 19.7. The Bertz CT molecular complexity index is 1750. The predicted octanol–water partition coefficient (Wildman–Crippen LogP) is 5.29. The zero-order valence-corrected chi connectivity index (χ0v) is 31.8. The minimum absolute atomic E-state index is 0.0414. The van der Waals surface area contributed by atoms with Crippen LogP contribution in [0, 0.1) is 18.6 Å². The molecule has 13 heteroatoms. The lowest BCUT2D eigenvalue weighted by Crippen LogP contribution is -2.55. The molecule has 0 aliphatic carbocycles. The van der Waals surface area contributed by atoms with Crippen molar-refractivity contribution in [1.29, 1.82) is 0 Å². The van der Waals surface area contributed by atoms with E-state index in [1.807, 2.05) is 39.0 Å². The van der Waals surface area contributed by atoms with Crippen LogP contribution in [-0.2, 0) is 34.0 Å². The molecule has 0 aliphatic rings. The fraction of sp³-hybridized carbons (Fsp3) is 0.487. The maximum absolute atomic E-state index is 14.6. The molecule has 0 aliphatic heterocycles. The Hall–Kier alpha value is -4.07. The number of halogens is 2. The number of aliphatic hydroxyl groups is 1. The van der Waals surface area contributed by atoms with Crippen LogP contribution in [0.3, 0.4) is 0 Å². The number of hydrogen-bond acceptors (Lipinski definition) is 8. The molecule has 0 radical (unpaired) electrons. The van der Waals surface area contributed by atoms with Gasteiger partial charge in [0.2, 0.25) is 5.91 Å². The molecule has 0 bridgehead atoms. The van der Waals surface area contributed by atoms with Crippen molar-refractivity contribution in [2.75, 3.05) is 26.5 Å². The van der Waals surface area contributed by atoms with Gasteiger partial charge < -0.3 is 30.5 Å². The average Bonchev–Trinajstić information content (AvgIpc) is 3.09. The zero-order chi connectivity index (χ0) is 38.6. The number of benzene rings is 3. The number of aryl methyl sites for hydroxylation is 2. The molecule has 2 amide bonds. The van der Waals surface area contributed by atoms with Crippen LogP contribution in [-0.4, -0.2) is 80.2 Å². The number of aliphatic hydroxyl groups excluding tert-OH is 1. The monoisotopic (exact) mass is 745 g/mol. The van der Waals surface area contributed by atoms with Crippen LogP contribution in [0.5, 0.6) is 11.5 Å². The molecule has 3 rings (SSSR count). The molecule has 0 saturated carbocycles. The smallest absolute Gasteiger partial charge is 0.252 e. The molecule has 0 fully saturated rings. The summed E-state index contributed by atoms with van der Waals surface area (Å²) in [6.45, 7) is 7.08. The van der Waals surface area contributed by atoms with Crippen LogP contribution in [0.2, 0.25) is 0 Å². The van der Waals surface area contributed by atoms with E-state index in [-0.39, 0.29) is 36.4 Å². The number of methoxy groups -OCH3 is 2. The summed E-state index contributed by atoms with van der Waals surface area (Å²) in [5, 5.41) is 13.3. The van der Waals surface area contributed by atoms with Crippen molar-refractivity contribution < 1.29 is 41.4 Å². The number of amides is 2. The van der Waals surface area contributed by atoms with Crippen molar-refractivity contribution in [3.8, 4) is 11.5 Å². The van der Waals surface area contributed by atoms with Gasteiger partial charge in [0.1, 0.15) is 17.7 Å². The highest BCUT2D eigenvalue weighted by Crippen LogP contribution is 2.32. The number of nitrogens with one attached hydrogen (secondary N) is 1. The molecule has 10 nitrogen and oxygen atoms in total. The van der Waals surface area contributed by atoms with Crippen LogP contribution < -0.4 is 20.5 Å². The van der Waals surface area contributed by atoms with Crippen LogP contribution in [0.4, 0.5) is 8.78 Å². The largest absolute Gasteiger partial charge is 0.493 e. The summed E-state index contributed by atoms with van der Waals surface area (Å²) in [4.78, 5) is 29.7. The number of hydrogen-bond donors (Lipinski definition) is 3. The quantitative estimate of drug-likeness (QED) is 0.141. The third-order valence-corrected chi connectivity index (χ3v) is 11.3. The van der Waals surface area contributed by atoms with E-state index in [2.05, 4.69) is 5.32 Å². The number of ether oxygens (including phenoxy) is 2. The van der Waals surface area contributed by atoms with Crippen molar-refractivity contribution in [2.45, 2.75) is 96.2 Å². The molecule has 0 spiro atoms. The average molecular weight is 746 g/mol. The highest BCUT2D eigenvalue weighted by molar-refractivity contribution is 7.92. The first-order valence-electron chi connectivity index (χ1n) is 17.7. The van der Waals surface area contributed by atoms with Gasteiger partial charge in [-0.15, -0.1) is 0 Å². The Morgan fingerprint density at radius 2 is 1.56 bits per heavy atom. The van der Waals surface area contributed by atoms with Crippen molar-refractivity contribution in [3.63, 3.8) is 0 Å². The molecule has 1 unspecified atom stereocenters. The first-order chi connectivity index (χ1) is 24.7. The summed E-state index contributed by atoms with van der Waals surface area (Å²) in [5.41, 5.74) is 8.95. The normalized spacial score (nSPS) is 13.4. The van der Waals surface area contributed by atoms with E-state index in [9.17, 15) is 31.9 Å². The van der Waals surface area contributed by atoms with Gasteiger partial charge in [0, 0.05) is 30.8 Å². The van der Waals surface area contributed by atoms with E-state index in [0.717, 1.165) is 30.2 Å². The Morgan fingerprint density at radius 1 is 0.923 bits per heavy atom. The highest BCUT2D eigenvalue weighted by atomic mass is 32.2. The third-order valence-electron chi connectivity index (χ3n) is 9.04. The molecule has 52 heavy (non-hydrogen) atoms. The van der Waals surface area contributed by atoms with Gasteiger partial charge >= 0.3 is 0 Å². The Kier molecular flexibility index (Phi) is 16.0. The molecule has 0 heterocycles. The number of carbonyl (C=O) groups excluding carboxylic acids is 2. The van der Waals surface area contributed by atoms with Crippen LogP contribution in [0.25, 0.3) is 0 Å². The van der Waals surface area contributed by atoms with E-state index >= 15 is 0 Å². The SMILES string of the molecule is CCCC(CCC)S(=O)(=O)CC(NC(=O)c1cc(C)c(OC)c(OC)c1)C(=O)N(Cc1cccc(CC)c1)C[C@@H](O)[C@@H](N)Cc1cc(F)cc(F)c1. The fourth-order valence-electron chi connectivity index (χ4n) is 6.34. The van der Waals surface area contributed by atoms with Crippen LogP contribution >= 0.6 is 0 Å². The number of nitrogens with two attached hydrogens (primary N) is 1. The Labute approximate surface area is 306 Å². The minimum Gasteiger partial charge on any atom is -0.493 e. The first kappa shape index (κ1) is 42.3. The lowest BCUT2D eigenvalue weighted by Gasteiger charge is -2.32. The summed E-state index contributed by atoms with van der Waals surface area (Å²) >= 11 is 0. The van der Waals surface area contributed by atoms with E-state index in [1.54, 1.807) is 19.1 Å². The maximum atomic E-state index is 14.6. The standard InChI is InChI=1S/C39H53F2N3O7S/c1-7-11-32(12-8-2)52(48,49)24-34(43-38(46)29-15-25(4)37(51-6)36(20-29)50-5)39(47)44(22-27-14-10-13-26(9-3)16-27)23-35(45)33(42)19-28-17-30(40)21-31(41)18-28/h10,13-18,20-21,32-35,45H,7-9,11-12,19,22-24,42H2,1-6H3,(H,43,46)/t33-,34?,35+/m0/s1. The number of nitrogens with zero attached hydrogens (tertiary/aromatic N) is 1. The minimum atomic E-state index is -3.93. The molecule has 0 aromatic heterocycles. The van der Waals surface area contributed by atoms with Gasteiger partial charge in [-0.2, -0.15) is 0 Å².